The van der Waals surface area contributed by atoms with Crippen molar-refractivity contribution in [2.75, 3.05) is 5.43 Å². The summed E-state index contributed by atoms with van der Waals surface area (Å²) in [6.45, 7) is 4.94. The van der Waals surface area contributed by atoms with E-state index < -0.39 is 0 Å². The van der Waals surface area contributed by atoms with Crippen LogP contribution in [0.15, 0.2) is 12.1 Å². The molecule has 0 radical (unpaired) electrons. The molecule has 16 heavy (non-hydrogen) atoms. The van der Waals surface area contributed by atoms with Crippen LogP contribution in [0.4, 0.5) is 0 Å². The average molecular weight is 254 g/mol. The molecule has 86 valence electrons. The van der Waals surface area contributed by atoms with Gasteiger partial charge in [-0.2, -0.15) is 5.10 Å². The summed E-state index contributed by atoms with van der Waals surface area (Å²) in [6.07, 6.45) is 0.851. The zero-order chi connectivity index (χ0) is 11.5. The molecule has 0 aliphatic rings. The highest BCUT2D eigenvalue weighted by Gasteiger charge is 2.03. The normalized spacial score (nSPS) is 10.6. The number of rotatable bonds is 4. The first-order valence-corrected chi connectivity index (χ1v) is 6.38. The molecule has 0 aromatic carbocycles. The van der Waals surface area contributed by atoms with Gasteiger partial charge < -0.3 is 5.43 Å². The number of thiophene rings is 1. The third-order valence-electron chi connectivity index (χ3n) is 2.27. The van der Waals surface area contributed by atoms with Crippen LogP contribution < -0.4 is 5.43 Å². The fraction of sp³-hybridized carbons (Fsp3) is 0.400. The number of nitrogens with zero attached hydrogens (tertiary/aromatic N) is 2. The van der Waals surface area contributed by atoms with Crippen molar-refractivity contribution < 1.29 is 0 Å². The third-order valence-corrected chi connectivity index (χ3v) is 3.54. The summed E-state index contributed by atoms with van der Waals surface area (Å²) in [7, 11) is 0. The van der Waals surface area contributed by atoms with Crippen molar-refractivity contribution in [2.45, 2.75) is 26.8 Å². The first-order valence-electron chi connectivity index (χ1n) is 5.16. The van der Waals surface area contributed by atoms with Crippen molar-refractivity contribution in [3.63, 3.8) is 0 Å². The lowest BCUT2D eigenvalue weighted by molar-refractivity contribution is 0.767. The van der Waals surface area contributed by atoms with E-state index in [-0.39, 0.29) is 0 Å². The molecule has 0 saturated heterocycles. The van der Waals surface area contributed by atoms with E-state index in [1.807, 2.05) is 4.68 Å². The molecule has 0 spiro atoms. The summed E-state index contributed by atoms with van der Waals surface area (Å²) in [6, 6.07) is 4.25. The van der Waals surface area contributed by atoms with E-state index in [2.05, 4.69) is 41.6 Å². The molecule has 6 heteroatoms. The first kappa shape index (κ1) is 11.3. The lowest BCUT2D eigenvalue weighted by atomic mass is 10.4. The highest BCUT2D eigenvalue weighted by Crippen LogP contribution is 2.14. The number of H-pyrrole nitrogens is 1. The first-order chi connectivity index (χ1) is 7.70. The number of hydrogen-bond donors (Lipinski definition) is 2. The van der Waals surface area contributed by atoms with Crippen molar-refractivity contribution in [2.24, 2.45) is 0 Å². The quantitative estimate of drug-likeness (QED) is 0.824. The van der Waals surface area contributed by atoms with E-state index in [1.54, 1.807) is 11.3 Å². The number of aromatic nitrogens is 3. The zero-order valence-electron chi connectivity index (χ0n) is 9.28. The van der Waals surface area contributed by atoms with Crippen molar-refractivity contribution in [1.29, 1.82) is 0 Å². The van der Waals surface area contributed by atoms with Gasteiger partial charge in [-0.25, -0.2) is 4.68 Å². The van der Waals surface area contributed by atoms with Crippen molar-refractivity contribution in [3.05, 3.63) is 32.5 Å². The largest absolute Gasteiger partial charge is 0.317 e. The predicted molar refractivity (Wildman–Crippen MR) is 68.9 cm³/mol. The second-order valence-corrected chi connectivity index (χ2v) is 5.24. The monoisotopic (exact) mass is 254 g/mol. The van der Waals surface area contributed by atoms with Crippen LogP contribution in [0.25, 0.3) is 0 Å². The highest BCUT2D eigenvalue weighted by atomic mass is 32.1. The van der Waals surface area contributed by atoms with Gasteiger partial charge >= 0.3 is 0 Å². The minimum Gasteiger partial charge on any atom is -0.317 e. The van der Waals surface area contributed by atoms with Crippen LogP contribution >= 0.6 is 23.6 Å². The molecule has 0 fully saturated rings. The standard InChI is InChI=1S/C10H14N4S2/c1-3-9-12-13-10(15)14(9)11-6-8-5-4-7(2)16-8/h4-5,11H,3,6H2,1-2H3,(H,13,15). The molecule has 2 rings (SSSR count). The maximum atomic E-state index is 5.15. The molecule has 0 unspecified atom stereocenters. The van der Waals surface area contributed by atoms with Crippen LogP contribution in [-0.2, 0) is 13.0 Å². The van der Waals surface area contributed by atoms with Gasteiger partial charge in [-0.15, -0.1) is 11.3 Å². The molecule has 0 aliphatic heterocycles. The molecule has 4 nitrogen and oxygen atoms in total. The van der Waals surface area contributed by atoms with Crippen LogP contribution in [0.3, 0.4) is 0 Å². The smallest absolute Gasteiger partial charge is 0.214 e. The molecular formula is C10H14N4S2. The lowest BCUT2D eigenvalue weighted by Gasteiger charge is -2.07. The van der Waals surface area contributed by atoms with E-state index in [4.69, 9.17) is 12.2 Å². The highest BCUT2D eigenvalue weighted by molar-refractivity contribution is 7.71. The second kappa shape index (κ2) is 4.80. The second-order valence-electron chi connectivity index (χ2n) is 3.48. The van der Waals surface area contributed by atoms with E-state index >= 15 is 0 Å². The minimum atomic E-state index is 0.616. The molecule has 0 aliphatic carbocycles. The molecule has 2 aromatic heterocycles. The molecule has 2 N–H and O–H groups in total. The predicted octanol–water partition coefficient (Wildman–Crippen LogP) is 2.62. The molecular weight excluding hydrogens is 240 g/mol. The van der Waals surface area contributed by atoms with Gasteiger partial charge in [0.1, 0.15) is 0 Å². The van der Waals surface area contributed by atoms with Crippen LogP contribution in [0.2, 0.25) is 0 Å². The topological polar surface area (TPSA) is 45.6 Å². The fourth-order valence-corrected chi connectivity index (χ4v) is 2.50. The van der Waals surface area contributed by atoms with Crippen LogP contribution in [0.5, 0.6) is 0 Å². The maximum absolute atomic E-state index is 5.15. The Balaban J connectivity index is 2.09. The van der Waals surface area contributed by atoms with Gasteiger partial charge in [0.15, 0.2) is 5.82 Å². The van der Waals surface area contributed by atoms with Crippen molar-refractivity contribution in [3.8, 4) is 0 Å². The van der Waals surface area contributed by atoms with Crippen LogP contribution in [-0.4, -0.2) is 14.9 Å². The van der Waals surface area contributed by atoms with Gasteiger partial charge in [0.2, 0.25) is 4.77 Å². The van der Waals surface area contributed by atoms with Gasteiger partial charge in [0.25, 0.3) is 0 Å². The van der Waals surface area contributed by atoms with Gasteiger partial charge in [0.05, 0.1) is 6.54 Å². The van der Waals surface area contributed by atoms with E-state index in [0.29, 0.717) is 4.77 Å². The van der Waals surface area contributed by atoms with E-state index in [1.165, 1.54) is 9.75 Å². The summed E-state index contributed by atoms with van der Waals surface area (Å²) in [4.78, 5) is 2.62. The maximum Gasteiger partial charge on any atom is 0.214 e. The van der Waals surface area contributed by atoms with Gasteiger partial charge in [-0.3, -0.25) is 5.10 Å². The Bertz CT molecular complexity index is 523. The molecule has 0 saturated carbocycles. The third kappa shape index (κ3) is 2.33. The molecule has 0 atom stereocenters. The van der Waals surface area contributed by atoms with Crippen LogP contribution in [0, 0.1) is 11.7 Å². The summed E-state index contributed by atoms with van der Waals surface area (Å²) < 4.78 is 2.45. The Hall–Kier alpha value is -1.14. The van der Waals surface area contributed by atoms with Gasteiger partial charge in [-0.05, 0) is 31.3 Å². The Kier molecular flexibility index (Phi) is 3.40. The summed E-state index contributed by atoms with van der Waals surface area (Å²) in [5.74, 6) is 0.929. The van der Waals surface area contributed by atoms with Crippen molar-refractivity contribution >= 4 is 23.6 Å². The number of nitrogens with one attached hydrogen (secondary N) is 2. The van der Waals surface area contributed by atoms with Crippen LogP contribution in [0.1, 0.15) is 22.5 Å². The van der Waals surface area contributed by atoms with E-state index in [0.717, 1.165) is 18.8 Å². The Morgan fingerprint density at radius 3 is 3.00 bits per heavy atom. The number of aryl methyl sites for hydroxylation is 2. The molecule has 0 amide bonds. The molecule has 0 bridgehead atoms. The van der Waals surface area contributed by atoms with E-state index in [9.17, 15) is 0 Å². The molecule has 2 heterocycles. The summed E-state index contributed by atoms with van der Waals surface area (Å²) >= 11 is 6.93. The minimum absolute atomic E-state index is 0.616. The fourth-order valence-electron chi connectivity index (χ4n) is 1.47. The SMILES string of the molecule is CCc1n[nH]c(=S)n1NCc1ccc(C)s1. The Labute approximate surface area is 103 Å². The molecule has 2 aromatic rings. The summed E-state index contributed by atoms with van der Waals surface area (Å²) in [5.41, 5.74) is 3.27. The summed E-state index contributed by atoms with van der Waals surface area (Å²) in [5, 5.41) is 6.92. The Morgan fingerprint density at radius 1 is 1.56 bits per heavy atom. The zero-order valence-corrected chi connectivity index (χ0v) is 10.9. The number of aromatic amines is 1. The van der Waals surface area contributed by atoms with Gasteiger partial charge in [-0.1, -0.05) is 6.92 Å². The van der Waals surface area contributed by atoms with Gasteiger partial charge in [0, 0.05) is 16.2 Å². The Morgan fingerprint density at radius 2 is 2.38 bits per heavy atom. The average Bonchev–Trinajstić information content (AvgIpc) is 2.82. The van der Waals surface area contributed by atoms with Crippen molar-refractivity contribution in [1.82, 2.24) is 14.9 Å². The lowest BCUT2D eigenvalue weighted by Crippen LogP contribution is -2.16. The number of hydrogen-bond acceptors (Lipinski definition) is 4.